The van der Waals surface area contributed by atoms with Crippen LogP contribution < -0.4 is 15.8 Å². The Labute approximate surface area is 114 Å². The molecule has 3 N–H and O–H groups in total. The lowest BCUT2D eigenvalue weighted by Crippen LogP contribution is -2.20. The van der Waals surface area contributed by atoms with Crippen LogP contribution in [0.15, 0.2) is 42.5 Å². The number of benzene rings is 2. The van der Waals surface area contributed by atoms with Gasteiger partial charge < -0.3 is 15.8 Å². The van der Waals surface area contributed by atoms with Crippen LogP contribution in [-0.4, -0.2) is 12.5 Å². The third-order valence-electron chi connectivity index (χ3n) is 2.47. The first-order chi connectivity index (χ1) is 9.56. The minimum Gasteiger partial charge on any atom is -0.479 e. The number of carbonyl (C=O) groups is 1. The van der Waals surface area contributed by atoms with Crippen LogP contribution in [0.4, 0.5) is 20.2 Å². The largest absolute Gasteiger partial charge is 0.479 e. The van der Waals surface area contributed by atoms with Gasteiger partial charge in [0.05, 0.1) is 5.69 Å². The highest BCUT2D eigenvalue weighted by atomic mass is 19.1. The van der Waals surface area contributed by atoms with Crippen molar-refractivity contribution >= 4 is 17.3 Å². The highest BCUT2D eigenvalue weighted by molar-refractivity contribution is 5.91. The van der Waals surface area contributed by atoms with E-state index in [0.717, 1.165) is 0 Å². The first-order valence-electron chi connectivity index (χ1n) is 5.78. The number of nitrogen functional groups attached to an aromatic ring is 1. The van der Waals surface area contributed by atoms with Crippen LogP contribution in [0, 0.1) is 11.6 Å². The average Bonchev–Trinajstić information content (AvgIpc) is 2.41. The zero-order valence-corrected chi connectivity index (χ0v) is 10.4. The Hall–Kier alpha value is -2.63. The Morgan fingerprint density at radius 3 is 2.50 bits per heavy atom. The molecule has 2 aromatic rings. The normalized spacial score (nSPS) is 10.1. The molecule has 20 heavy (non-hydrogen) atoms. The molecular formula is C14H12F2N2O2. The van der Waals surface area contributed by atoms with Crippen LogP contribution in [0.3, 0.4) is 0 Å². The van der Waals surface area contributed by atoms with Crippen molar-refractivity contribution in [3.05, 3.63) is 54.1 Å². The molecule has 0 aliphatic heterocycles. The predicted octanol–water partition coefficient (Wildman–Crippen LogP) is 2.56. The van der Waals surface area contributed by atoms with E-state index in [1.165, 1.54) is 42.5 Å². The number of anilines is 2. The molecule has 4 nitrogen and oxygen atoms in total. The lowest BCUT2D eigenvalue weighted by molar-refractivity contribution is -0.118. The van der Waals surface area contributed by atoms with Gasteiger partial charge in [0.25, 0.3) is 5.91 Å². The van der Waals surface area contributed by atoms with Crippen molar-refractivity contribution in [1.29, 1.82) is 0 Å². The van der Waals surface area contributed by atoms with Gasteiger partial charge in [0.15, 0.2) is 18.2 Å². The van der Waals surface area contributed by atoms with Crippen LogP contribution >= 0.6 is 0 Å². The summed E-state index contributed by atoms with van der Waals surface area (Å²) >= 11 is 0. The highest BCUT2D eigenvalue weighted by Crippen LogP contribution is 2.24. The minimum absolute atomic E-state index is 0.111. The fourth-order valence-electron chi connectivity index (χ4n) is 1.55. The molecule has 0 spiro atoms. The van der Waals surface area contributed by atoms with Crippen LogP contribution in [0.25, 0.3) is 0 Å². The first kappa shape index (κ1) is 13.8. The average molecular weight is 278 g/mol. The van der Waals surface area contributed by atoms with E-state index in [1.54, 1.807) is 0 Å². The van der Waals surface area contributed by atoms with Crippen molar-refractivity contribution in [2.45, 2.75) is 0 Å². The van der Waals surface area contributed by atoms with Crippen LogP contribution in [0.5, 0.6) is 5.75 Å². The van der Waals surface area contributed by atoms with Crippen molar-refractivity contribution < 1.29 is 18.3 Å². The molecule has 2 aromatic carbocycles. The molecule has 0 aliphatic carbocycles. The van der Waals surface area contributed by atoms with E-state index in [4.69, 9.17) is 10.5 Å². The fourth-order valence-corrected chi connectivity index (χ4v) is 1.55. The molecule has 6 heteroatoms. The summed E-state index contributed by atoms with van der Waals surface area (Å²) in [6.07, 6.45) is 0. The van der Waals surface area contributed by atoms with Gasteiger partial charge in [-0.25, -0.2) is 8.78 Å². The summed E-state index contributed by atoms with van der Waals surface area (Å²) in [5, 5.41) is 2.48. The molecule has 0 aromatic heterocycles. The standard InChI is InChI=1S/C14H12F2N2O2/c15-9-4-6-10(7-5-9)18-13(19)8-20-14-11(16)2-1-3-12(14)17/h1-7H,8,17H2,(H,18,19). The Bertz CT molecular complexity index is 595. The molecule has 0 heterocycles. The van der Waals surface area contributed by atoms with Crippen molar-refractivity contribution in [2.24, 2.45) is 0 Å². The zero-order chi connectivity index (χ0) is 14.5. The fraction of sp³-hybridized carbons (Fsp3) is 0.0714. The summed E-state index contributed by atoms with van der Waals surface area (Å²) in [5.74, 6) is -1.71. The number of nitrogens with one attached hydrogen (secondary N) is 1. The Morgan fingerprint density at radius 1 is 1.15 bits per heavy atom. The van der Waals surface area contributed by atoms with E-state index in [2.05, 4.69) is 5.32 Å². The van der Waals surface area contributed by atoms with E-state index in [1.807, 2.05) is 0 Å². The summed E-state index contributed by atoms with van der Waals surface area (Å²) < 4.78 is 31.1. The second-order valence-corrected chi connectivity index (χ2v) is 4.00. The van der Waals surface area contributed by atoms with Crippen LogP contribution in [0.1, 0.15) is 0 Å². The number of ether oxygens (including phenoxy) is 1. The number of hydrogen-bond donors (Lipinski definition) is 2. The maximum absolute atomic E-state index is 13.4. The minimum atomic E-state index is -0.639. The SMILES string of the molecule is Nc1cccc(F)c1OCC(=O)Nc1ccc(F)cc1. The topological polar surface area (TPSA) is 64.3 Å². The van der Waals surface area contributed by atoms with Gasteiger partial charge in [0, 0.05) is 5.69 Å². The lowest BCUT2D eigenvalue weighted by atomic mass is 10.3. The molecular weight excluding hydrogens is 266 g/mol. The summed E-state index contributed by atoms with van der Waals surface area (Å²) in [7, 11) is 0. The van der Waals surface area contributed by atoms with Gasteiger partial charge in [-0.2, -0.15) is 0 Å². The third kappa shape index (κ3) is 3.44. The van der Waals surface area contributed by atoms with Crippen molar-refractivity contribution in [3.8, 4) is 5.75 Å². The quantitative estimate of drug-likeness (QED) is 0.845. The van der Waals surface area contributed by atoms with Crippen molar-refractivity contribution in [2.75, 3.05) is 17.7 Å². The maximum atomic E-state index is 13.4. The Kier molecular flexibility index (Phi) is 4.14. The number of nitrogens with two attached hydrogens (primary N) is 1. The van der Waals surface area contributed by atoms with Crippen LogP contribution in [0.2, 0.25) is 0 Å². The number of halogens is 2. The molecule has 0 radical (unpaired) electrons. The molecule has 2 rings (SSSR count). The van der Waals surface area contributed by atoms with Crippen LogP contribution in [-0.2, 0) is 4.79 Å². The Morgan fingerprint density at radius 2 is 1.85 bits per heavy atom. The highest BCUT2D eigenvalue weighted by Gasteiger charge is 2.10. The van der Waals surface area contributed by atoms with Gasteiger partial charge in [0.2, 0.25) is 0 Å². The van der Waals surface area contributed by atoms with Gasteiger partial charge in [-0.3, -0.25) is 4.79 Å². The molecule has 0 bridgehead atoms. The first-order valence-corrected chi connectivity index (χ1v) is 5.78. The van der Waals surface area contributed by atoms with E-state index < -0.39 is 24.1 Å². The van der Waals surface area contributed by atoms with Gasteiger partial charge in [-0.1, -0.05) is 6.07 Å². The van der Waals surface area contributed by atoms with E-state index in [-0.39, 0.29) is 11.4 Å². The van der Waals surface area contributed by atoms with E-state index in [0.29, 0.717) is 5.69 Å². The van der Waals surface area contributed by atoms with Gasteiger partial charge >= 0.3 is 0 Å². The molecule has 0 saturated heterocycles. The van der Waals surface area contributed by atoms with E-state index in [9.17, 15) is 13.6 Å². The lowest BCUT2D eigenvalue weighted by Gasteiger charge is -2.10. The van der Waals surface area contributed by atoms with E-state index >= 15 is 0 Å². The Balaban J connectivity index is 1.94. The van der Waals surface area contributed by atoms with Gasteiger partial charge in [-0.05, 0) is 36.4 Å². The summed E-state index contributed by atoms with van der Waals surface area (Å²) in [4.78, 5) is 11.6. The number of amides is 1. The number of hydrogen-bond acceptors (Lipinski definition) is 3. The van der Waals surface area contributed by atoms with Crippen molar-refractivity contribution in [1.82, 2.24) is 0 Å². The molecule has 0 atom stereocenters. The molecule has 104 valence electrons. The molecule has 1 amide bonds. The number of rotatable bonds is 4. The van der Waals surface area contributed by atoms with Crippen molar-refractivity contribution in [3.63, 3.8) is 0 Å². The predicted molar refractivity (Wildman–Crippen MR) is 71.3 cm³/mol. The third-order valence-corrected chi connectivity index (χ3v) is 2.47. The second kappa shape index (κ2) is 6.01. The number of carbonyl (C=O) groups excluding carboxylic acids is 1. The molecule has 0 saturated carbocycles. The molecule has 0 aliphatic rings. The monoisotopic (exact) mass is 278 g/mol. The second-order valence-electron chi connectivity index (χ2n) is 4.00. The molecule has 0 fully saturated rings. The van der Waals surface area contributed by atoms with Gasteiger partial charge in [0.1, 0.15) is 5.82 Å². The zero-order valence-electron chi connectivity index (χ0n) is 10.4. The summed E-state index contributed by atoms with van der Waals surface area (Å²) in [5.41, 5.74) is 6.07. The summed E-state index contributed by atoms with van der Waals surface area (Å²) in [6, 6.07) is 9.34. The summed E-state index contributed by atoms with van der Waals surface area (Å²) in [6.45, 7) is -0.400. The number of para-hydroxylation sites is 1. The van der Waals surface area contributed by atoms with Gasteiger partial charge in [-0.15, -0.1) is 0 Å². The maximum Gasteiger partial charge on any atom is 0.262 e. The molecule has 0 unspecified atom stereocenters. The smallest absolute Gasteiger partial charge is 0.262 e.